The number of allylic oxidation sites excluding steroid dienone is 8. The molecule has 0 rings (SSSR count). The van der Waals surface area contributed by atoms with Crippen molar-refractivity contribution in [1.82, 2.24) is 0 Å². The van der Waals surface area contributed by atoms with Gasteiger partial charge in [0.1, 0.15) is 13.2 Å². The van der Waals surface area contributed by atoms with Gasteiger partial charge in [-0.2, -0.15) is 0 Å². The largest absolute Gasteiger partial charge is 0.545 e. The highest BCUT2D eigenvalue weighted by atomic mass is 16.7. The average molecular weight is 944 g/mol. The number of carboxylic acid groups (broad SMARTS) is 1. The summed E-state index contributed by atoms with van der Waals surface area (Å²) in [5.41, 5.74) is 0. The highest BCUT2D eigenvalue weighted by Crippen LogP contribution is 2.15. The lowest BCUT2D eigenvalue weighted by Crippen LogP contribution is -2.44. The van der Waals surface area contributed by atoms with Crippen LogP contribution >= 0.6 is 0 Å². The predicted octanol–water partition coefficient (Wildman–Crippen LogP) is 14.6. The van der Waals surface area contributed by atoms with E-state index in [0.717, 1.165) is 70.6 Å². The molecule has 0 aromatic carbocycles. The smallest absolute Gasteiger partial charge is 0.306 e. The van der Waals surface area contributed by atoms with Crippen LogP contribution in [0.2, 0.25) is 0 Å². The fraction of sp³-hybridized carbons (Fsp3) is 0.810. The van der Waals surface area contributed by atoms with Crippen molar-refractivity contribution in [2.75, 3.05) is 47.5 Å². The van der Waals surface area contributed by atoms with Crippen molar-refractivity contribution >= 4 is 17.9 Å². The Morgan fingerprint density at radius 1 is 0.448 bits per heavy atom. The number of nitrogens with zero attached hydrogens (tertiary/aromatic N) is 1. The van der Waals surface area contributed by atoms with Gasteiger partial charge in [-0.15, -0.1) is 0 Å². The van der Waals surface area contributed by atoms with E-state index in [1.54, 1.807) is 0 Å². The van der Waals surface area contributed by atoms with E-state index in [9.17, 15) is 19.5 Å². The van der Waals surface area contributed by atoms with Crippen molar-refractivity contribution in [3.05, 3.63) is 48.6 Å². The molecule has 9 nitrogen and oxygen atoms in total. The third-order valence-corrected chi connectivity index (χ3v) is 12.0. The van der Waals surface area contributed by atoms with Gasteiger partial charge in [-0.1, -0.05) is 204 Å². The van der Waals surface area contributed by atoms with E-state index in [2.05, 4.69) is 62.5 Å². The van der Waals surface area contributed by atoms with Gasteiger partial charge < -0.3 is 33.3 Å². The van der Waals surface area contributed by atoms with Crippen LogP contribution < -0.4 is 5.11 Å². The molecule has 9 heteroatoms. The van der Waals surface area contributed by atoms with Crippen LogP contribution in [-0.2, 0) is 33.3 Å². The SMILES string of the molecule is CCCCCCC/C=C\C/C=C\C/C=C\CCCCCCCCC(=O)OC(COC(=O)CCCCCCCCCCC/C=C\CCCCCCCCCC)COC(OCC[N+](C)(C)C)C(=O)[O-]. The Bertz CT molecular complexity index is 1240. The van der Waals surface area contributed by atoms with Crippen LogP contribution in [0.15, 0.2) is 48.6 Å². The minimum Gasteiger partial charge on any atom is -0.545 e. The molecule has 2 atom stereocenters. The van der Waals surface area contributed by atoms with E-state index in [0.29, 0.717) is 17.4 Å². The van der Waals surface area contributed by atoms with Crippen molar-refractivity contribution in [3.8, 4) is 0 Å². The third-order valence-electron chi connectivity index (χ3n) is 12.0. The summed E-state index contributed by atoms with van der Waals surface area (Å²) in [6.07, 6.45) is 57.2. The lowest BCUT2D eigenvalue weighted by Gasteiger charge is -2.26. The predicted molar refractivity (Wildman–Crippen MR) is 279 cm³/mol. The van der Waals surface area contributed by atoms with Crippen LogP contribution in [0.3, 0.4) is 0 Å². The molecule has 2 unspecified atom stereocenters. The number of hydrogen-bond donors (Lipinski definition) is 0. The third kappa shape index (κ3) is 50.9. The van der Waals surface area contributed by atoms with Crippen molar-refractivity contribution < 1.29 is 42.9 Å². The highest BCUT2D eigenvalue weighted by molar-refractivity contribution is 5.70. The zero-order chi connectivity index (χ0) is 49.2. The Labute approximate surface area is 412 Å². The molecule has 0 saturated carbocycles. The summed E-state index contributed by atoms with van der Waals surface area (Å²) in [6, 6.07) is 0. The number of carbonyl (C=O) groups excluding carboxylic acids is 3. The van der Waals surface area contributed by atoms with Crippen molar-refractivity contribution in [1.29, 1.82) is 0 Å². The van der Waals surface area contributed by atoms with E-state index in [1.165, 1.54) is 141 Å². The summed E-state index contributed by atoms with van der Waals surface area (Å²) in [7, 11) is 5.91. The molecule has 0 aromatic heterocycles. The van der Waals surface area contributed by atoms with Crippen LogP contribution in [-0.4, -0.2) is 82.3 Å². The highest BCUT2D eigenvalue weighted by Gasteiger charge is 2.22. The van der Waals surface area contributed by atoms with Crippen molar-refractivity contribution in [2.24, 2.45) is 0 Å². The van der Waals surface area contributed by atoms with E-state index >= 15 is 0 Å². The second-order valence-electron chi connectivity index (χ2n) is 19.9. The number of aliphatic carboxylic acids is 1. The van der Waals surface area contributed by atoms with Gasteiger partial charge in [-0.25, -0.2) is 0 Å². The summed E-state index contributed by atoms with van der Waals surface area (Å²) >= 11 is 0. The number of ether oxygens (including phenoxy) is 4. The van der Waals surface area contributed by atoms with E-state index in [4.69, 9.17) is 18.9 Å². The van der Waals surface area contributed by atoms with E-state index in [1.807, 2.05) is 21.1 Å². The van der Waals surface area contributed by atoms with Crippen LogP contribution in [0.4, 0.5) is 0 Å². The molecule has 0 amide bonds. The Kier molecular flexibility index (Phi) is 47.6. The Morgan fingerprint density at radius 2 is 0.806 bits per heavy atom. The van der Waals surface area contributed by atoms with Gasteiger partial charge in [0, 0.05) is 12.8 Å². The molecule has 0 N–H and O–H groups in total. The minimum atomic E-state index is -1.63. The summed E-state index contributed by atoms with van der Waals surface area (Å²) in [4.78, 5) is 37.2. The first-order valence-electron chi connectivity index (χ1n) is 27.8. The zero-order valence-electron chi connectivity index (χ0n) is 44.3. The Balaban J connectivity index is 4.32. The van der Waals surface area contributed by atoms with E-state index < -0.39 is 24.3 Å². The Hall–Kier alpha value is -2.75. The minimum absolute atomic E-state index is 0.144. The molecule has 0 aromatic rings. The number of quaternary nitrogens is 1. The van der Waals surface area contributed by atoms with Crippen molar-refractivity contribution in [2.45, 2.75) is 257 Å². The molecule has 0 saturated heterocycles. The molecule has 0 bridgehead atoms. The molecule has 0 fully saturated rings. The maximum atomic E-state index is 12.8. The molecule has 0 radical (unpaired) electrons. The lowest BCUT2D eigenvalue weighted by atomic mass is 10.1. The normalized spacial score (nSPS) is 13.1. The molecule has 0 aliphatic rings. The number of esters is 2. The fourth-order valence-corrected chi connectivity index (χ4v) is 7.71. The maximum Gasteiger partial charge on any atom is 0.306 e. The number of carbonyl (C=O) groups is 3. The van der Waals surface area contributed by atoms with Gasteiger partial charge in [0.15, 0.2) is 12.4 Å². The second-order valence-corrected chi connectivity index (χ2v) is 19.9. The average Bonchev–Trinajstić information content (AvgIpc) is 3.29. The van der Waals surface area contributed by atoms with Gasteiger partial charge in [0.05, 0.1) is 40.3 Å². The topological polar surface area (TPSA) is 111 Å². The first kappa shape index (κ1) is 64.2. The molecule has 0 aliphatic carbocycles. The van der Waals surface area contributed by atoms with Gasteiger partial charge in [0.25, 0.3) is 0 Å². The van der Waals surface area contributed by atoms with E-state index in [-0.39, 0.29) is 38.6 Å². The molecule has 0 aliphatic heterocycles. The summed E-state index contributed by atoms with van der Waals surface area (Å²) in [6.45, 7) is 4.74. The van der Waals surface area contributed by atoms with Crippen LogP contribution in [0.25, 0.3) is 0 Å². The summed E-state index contributed by atoms with van der Waals surface area (Å²) in [5, 5.41) is 11.8. The zero-order valence-corrected chi connectivity index (χ0v) is 44.3. The number of hydrogen-bond acceptors (Lipinski definition) is 8. The fourth-order valence-electron chi connectivity index (χ4n) is 7.71. The second kappa shape index (κ2) is 49.7. The van der Waals surface area contributed by atoms with Gasteiger partial charge in [-0.05, 0) is 77.0 Å². The summed E-state index contributed by atoms with van der Waals surface area (Å²) in [5.74, 6) is -2.30. The lowest BCUT2D eigenvalue weighted by molar-refractivity contribution is -0.870. The van der Waals surface area contributed by atoms with Crippen LogP contribution in [0.1, 0.15) is 245 Å². The van der Waals surface area contributed by atoms with Crippen LogP contribution in [0, 0.1) is 0 Å². The molecule has 390 valence electrons. The molecule has 0 heterocycles. The molecular weight excluding hydrogens is 839 g/mol. The monoisotopic (exact) mass is 944 g/mol. The van der Waals surface area contributed by atoms with Crippen LogP contribution in [0.5, 0.6) is 0 Å². The maximum absolute atomic E-state index is 12.8. The molecule has 0 spiro atoms. The van der Waals surface area contributed by atoms with Gasteiger partial charge in [-0.3, -0.25) is 9.59 Å². The number of rotatable bonds is 51. The standard InChI is InChI=1S/C58H105NO8/c1-6-8-10-12-14-16-18-20-22-24-26-28-30-32-34-36-38-40-42-44-46-48-55(60)65-52-54(53-66-58(57(62)63)64-51-50-59(3,4)5)67-56(61)49-47-45-43-41-39-37-35-33-31-29-27-25-23-21-19-17-15-13-11-9-7-2/h19,21,24-27,31,33,54,58H,6-18,20,22-23,28-30,32,34-53H2,1-5H3/b21-19-,26-24-,27-25-,33-31-. The number of unbranched alkanes of at least 4 members (excludes halogenated alkanes) is 28. The molecule has 67 heavy (non-hydrogen) atoms. The quantitative estimate of drug-likeness (QED) is 0.0195. The van der Waals surface area contributed by atoms with Gasteiger partial charge in [0.2, 0.25) is 0 Å². The van der Waals surface area contributed by atoms with Crippen molar-refractivity contribution in [3.63, 3.8) is 0 Å². The Morgan fingerprint density at radius 3 is 1.21 bits per heavy atom. The number of likely N-dealkylation sites (N-methyl/N-ethyl adjacent to an activating group) is 1. The van der Waals surface area contributed by atoms with Gasteiger partial charge >= 0.3 is 11.9 Å². The number of carboxylic acids is 1. The summed E-state index contributed by atoms with van der Waals surface area (Å²) < 4.78 is 22.7. The molecular formula is C58H105NO8. The first-order chi connectivity index (χ1) is 32.6. The first-order valence-corrected chi connectivity index (χ1v) is 27.8.